The molecule has 4 rings (SSSR count). The third-order valence-corrected chi connectivity index (χ3v) is 5.73. The molecule has 1 N–H and O–H groups in total. The Kier molecular flexibility index (Phi) is 6.06. The molecule has 0 spiro atoms. The number of nitrogens with one attached hydrogen (secondary N) is 1. The van der Waals surface area contributed by atoms with Crippen molar-refractivity contribution < 1.29 is 4.79 Å². The van der Waals surface area contributed by atoms with Crippen LogP contribution < -0.4 is 5.32 Å². The summed E-state index contributed by atoms with van der Waals surface area (Å²) in [5, 5.41) is 22.9. The molecule has 0 fully saturated rings. The lowest BCUT2D eigenvalue weighted by Crippen LogP contribution is -2.13. The summed E-state index contributed by atoms with van der Waals surface area (Å²) < 4.78 is 2.04. The highest BCUT2D eigenvalue weighted by Gasteiger charge is 2.14. The lowest BCUT2D eigenvalue weighted by Gasteiger charge is -2.07. The summed E-state index contributed by atoms with van der Waals surface area (Å²) in [6.45, 7) is 4.49. The number of rotatable bonds is 5. The van der Waals surface area contributed by atoms with Crippen molar-refractivity contribution in [1.82, 2.24) is 4.57 Å². The minimum absolute atomic E-state index is 0.0218. The van der Waals surface area contributed by atoms with Gasteiger partial charge in [-0.2, -0.15) is 10.5 Å². The van der Waals surface area contributed by atoms with E-state index in [0.717, 1.165) is 33.2 Å². The summed E-state index contributed by atoms with van der Waals surface area (Å²) >= 11 is 0. The quantitative estimate of drug-likeness (QED) is 0.325. The highest BCUT2D eigenvalue weighted by atomic mass is 16.1. The monoisotopic (exact) mass is 430 g/mol. The molecule has 0 aliphatic heterocycles. The van der Waals surface area contributed by atoms with Gasteiger partial charge < -0.3 is 9.88 Å². The van der Waals surface area contributed by atoms with E-state index in [1.54, 1.807) is 12.1 Å². The van der Waals surface area contributed by atoms with E-state index in [9.17, 15) is 15.3 Å². The summed E-state index contributed by atoms with van der Waals surface area (Å²) in [5.41, 5.74) is 6.14. The smallest absolute Gasteiger partial charge is 0.266 e. The minimum Gasteiger partial charge on any atom is -0.342 e. The van der Waals surface area contributed by atoms with Crippen molar-refractivity contribution in [3.05, 3.63) is 106 Å². The number of aromatic nitrogens is 1. The largest absolute Gasteiger partial charge is 0.342 e. The maximum atomic E-state index is 12.8. The zero-order chi connectivity index (χ0) is 23.4. The number of carbonyl (C=O) groups is 1. The second kappa shape index (κ2) is 9.26. The second-order valence-corrected chi connectivity index (χ2v) is 7.92. The van der Waals surface area contributed by atoms with Crippen molar-refractivity contribution in [3.63, 3.8) is 0 Å². The van der Waals surface area contributed by atoms with Crippen LogP contribution in [0.4, 0.5) is 5.69 Å². The Bertz CT molecular complexity index is 1480. The summed E-state index contributed by atoms with van der Waals surface area (Å²) in [6, 6.07) is 25.2. The Morgan fingerprint density at radius 3 is 2.52 bits per heavy atom. The molecule has 1 aromatic heterocycles. The van der Waals surface area contributed by atoms with Crippen LogP contribution in [0.1, 0.15) is 27.8 Å². The van der Waals surface area contributed by atoms with E-state index in [0.29, 0.717) is 17.8 Å². The second-order valence-electron chi connectivity index (χ2n) is 7.92. The fourth-order valence-electron chi connectivity index (χ4n) is 3.79. The van der Waals surface area contributed by atoms with Crippen LogP contribution in [0.3, 0.4) is 0 Å². The number of aryl methyl sites for hydroxylation is 2. The molecule has 5 heteroatoms. The van der Waals surface area contributed by atoms with Crippen LogP contribution in [0.5, 0.6) is 0 Å². The Morgan fingerprint density at radius 1 is 1.00 bits per heavy atom. The summed E-state index contributed by atoms with van der Waals surface area (Å²) in [7, 11) is 0. The Balaban J connectivity index is 1.70. The number of anilines is 1. The third-order valence-electron chi connectivity index (χ3n) is 5.73. The van der Waals surface area contributed by atoms with Gasteiger partial charge in [0.1, 0.15) is 11.6 Å². The predicted octanol–water partition coefficient (Wildman–Crippen LogP) is 5.72. The maximum absolute atomic E-state index is 12.8. The molecule has 0 saturated heterocycles. The van der Waals surface area contributed by atoms with E-state index in [1.165, 1.54) is 0 Å². The number of benzene rings is 3. The Hall–Kier alpha value is -4.61. The first-order valence-electron chi connectivity index (χ1n) is 10.6. The fraction of sp³-hybridized carbons (Fsp3) is 0.107. The number of hydrogen-bond donors (Lipinski definition) is 1. The minimum atomic E-state index is -0.451. The van der Waals surface area contributed by atoms with Crippen LogP contribution in [-0.2, 0) is 11.3 Å². The zero-order valence-electron chi connectivity index (χ0n) is 18.5. The molecule has 0 aliphatic rings. The van der Waals surface area contributed by atoms with Gasteiger partial charge in [0.15, 0.2) is 0 Å². The van der Waals surface area contributed by atoms with Crippen LogP contribution in [0.15, 0.2) is 78.5 Å². The number of nitrogens with zero attached hydrogens (tertiary/aromatic N) is 3. The number of hydrogen-bond acceptors (Lipinski definition) is 3. The Morgan fingerprint density at radius 2 is 1.76 bits per heavy atom. The molecule has 0 unspecified atom stereocenters. The standard InChI is InChI=1S/C28H22N4O/c1-19-11-12-25(13-20(19)2)31-28(33)23(16-30)14-24-18-32(27-10-6-5-9-26(24)27)17-22-8-4-3-7-21(22)15-29/h3-14,18H,17H2,1-2H3,(H,31,33). The summed E-state index contributed by atoms with van der Waals surface area (Å²) in [4.78, 5) is 12.8. The van der Waals surface area contributed by atoms with Gasteiger partial charge in [-0.3, -0.25) is 4.79 Å². The molecule has 0 aliphatic carbocycles. The zero-order valence-corrected chi connectivity index (χ0v) is 18.5. The van der Waals surface area contributed by atoms with E-state index >= 15 is 0 Å². The van der Waals surface area contributed by atoms with Crippen molar-refractivity contribution in [2.24, 2.45) is 0 Å². The molecular formula is C28H22N4O. The maximum Gasteiger partial charge on any atom is 0.266 e. The number of nitriles is 2. The van der Waals surface area contributed by atoms with E-state index in [1.807, 2.05) is 91.3 Å². The van der Waals surface area contributed by atoms with Crippen molar-refractivity contribution in [1.29, 1.82) is 10.5 Å². The van der Waals surface area contributed by atoms with Gasteiger partial charge in [0.2, 0.25) is 0 Å². The van der Waals surface area contributed by atoms with E-state index < -0.39 is 5.91 Å². The molecule has 0 atom stereocenters. The van der Waals surface area contributed by atoms with Gasteiger partial charge in [-0.25, -0.2) is 0 Å². The van der Waals surface area contributed by atoms with Crippen molar-refractivity contribution in [3.8, 4) is 12.1 Å². The molecule has 0 saturated carbocycles. The molecule has 4 aromatic rings. The molecule has 1 heterocycles. The van der Waals surface area contributed by atoms with Crippen LogP contribution in [0.25, 0.3) is 17.0 Å². The first-order chi connectivity index (χ1) is 16.0. The van der Waals surface area contributed by atoms with Crippen molar-refractivity contribution >= 4 is 28.6 Å². The first kappa shape index (κ1) is 21.6. The topological polar surface area (TPSA) is 81.6 Å². The molecule has 0 bridgehead atoms. The highest BCUT2D eigenvalue weighted by Crippen LogP contribution is 2.25. The van der Waals surface area contributed by atoms with Crippen LogP contribution in [0.2, 0.25) is 0 Å². The number of fused-ring (bicyclic) bond motifs is 1. The van der Waals surface area contributed by atoms with Gasteiger partial charge in [-0.1, -0.05) is 42.5 Å². The lowest BCUT2D eigenvalue weighted by molar-refractivity contribution is -0.112. The highest BCUT2D eigenvalue weighted by molar-refractivity contribution is 6.10. The van der Waals surface area contributed by atoms with Gasteiger partial charge >= 0.3 is 0 Å². The van der Waals surface area contributed by atoms with Crippen LogP contribution >= 0.6 is 0 Å². The molecule has 0 radical (unpaired) electrons. The summed E-state index contributed by atoms with van der Waals surface area (Å²) in [5.74, 6) is -0.451. The molecule has 160 valence electrons. The van der Waals surface area contributed by atoms with Crippen molar-refractivity contribution in [2.75, 3.05) is 5.32 Å². The lowest BCUT2D eigenvalue weighted by atomic mass is 10.1. The fourth-order valence-corrected chi connectivity index (χ4v) is 3.79. The number of amides is 1. The normalized spacial score (nSPS) is 11.1. The molecule has 3 aromatic carbocycles. The van der Waals surface area contributed by atoms with Crippen LogP contribution in [-0.4, -0.2) is 10.5 Å². The van der Waals surface area contributed by atoms with Gasteiger partial charge in [-0.05, 0) is 60.9 Å². The summed E-state index contributed by atoms with van der Waals surface area (Å²) in [6.07, 6.45) is 3.53. The van der Waals surface area contributed by atoms with Crippen molar-refractivity contribution in [2.45, 2.75) is 20.4 Å². The number of para-hydroxylation sites is 1. The molecular weight excluding hydrogens is 408 g/mol. The van der Waals surface area contributed by atoms with Gasteiger partial charge in [0.25, 0.3) is 5.91 Å². The number of carbonyl (C=O) groups excluding carboxylic acids is 1. The van der Waals surface area contributed by atoms with E-state index in [-0.39, 0.29) is 5.57 Å². The molecule has 1 amide bonds. The van der Waals surface area contributed by atoms with E-state index in [2.05, 4.69) is 11.4 Å². The molecule has 5 nitrogen and oxygen atoms in total. The van der Waals surface area contributed by atoms with Crippen LogP contribution in [0, 0.1) is 36.5 Å². The van der Waals surface area contributed by atoms with Gasteiger partial charge in [-0.15, -0.1) is 0 Å². The Labute approximate surface area is 192 Å². The third kappa shape index (κ3) is 4.54. The SMILES string of the molecule is Cc1ccc(NC(=O)C(C#N)=Cc2cn(Cc3ccccc3C#N)c3ccccc23)cc1C. The average Bonchev–Trinajstić information content (AvgIpc) is 3.17. The first-order valence-corrected chi connectivity index (χ1v) is 10.6. The average molecular weight is 431 g/mol. The predicted molar refractivity (Wildman–Crippen MR) is 130 cm³/mol. The van der Waals surface area contributed by atoms with E-state index in [4.69, 9.17) is 0 Å². The molecule has 33 heavy (non-hydrogen) atoms. The van der Waals surface area contributed by atoms with Gasteiger partial charge in [0, 0.05) is 34.9 Å². The van der Waals surface area contributed by atoms with Gasteiger partial charge in [0.05, 0.1) is 11.6 Å².